The fraction of sp³-hybridized carbons (Fsp3) is 0.258. The normalized spacial score (nSPS) is 11.7. The molecule has 0 bridgehead atoms. The van der Waals surface area contributed by atoms with Crippen LogP contribution < -0.4 is 10.2 Å². The van der Waals surface area contributed by atoms with Gasteiger partial charge >= 0.3 is 12.3 Å². The molecule has 10 heteroatoms. The lowest BCUT2D eigenvalue weighted by molar-refractivity contribution is -0.137. The molecule has 4 aromatic rings. The summed E-state index contributed by atoms with van der Waals surface area (Å²) in [5.41, 5.74) is 4.41. The molecule has 0 aliphatic rings. The monoisotopic (exact) mass is 581 g/mol. The van der Waals surface area contributed by atoms with Crippen LogP contribution in [0.15, 0.2) is 77.6 Å². The Morgan fingerprint density at radius 1 is 0.976 bits per heavy atom. The number of halogens is 3. The predicted molar refractivity (Wildman–Crippen MR) is 155 cm³/mol. The van der Waals surface area contributed by atoms with E-state index in [0.717, 1.165) is 23.4 Å². The van der Waals surface area contributed by atoms with E-state index in [9.17, 15) is 22.8 Å². The summed E-state index contributed by atoms with van der Waals surface area (Å²) >= 11 is 1.48. The van der Waals surface area contributed by atoms with Crippen molar-refractivity contribution in [2.24, 2.45) is 0 Å². The Balaban J connectivity index is 1.54. The van der Waals surface area contributed by atoms with Crippen molar-refractivity contribution in [1.82, 2.24) is 4.98 Å². The molecular weight excluding hydrogens is 551 g/mol. The number of nitrogens with zero attached hydrogens (tertiary/aromatic N) is 2. The molecule has 3 aromatic carbocycles. The molecule has 0 spiro atoms. The standard InChI is InChI=1S/C31H30F3N3O3S/c1-20-5-14-26(21-6-8-22(9-7-21)31(32,33)34)27(17-20)28(38)36-23-10-12-25(13-11-23)37(29(39)40-30(2,3)4)16-15-24-18-41-19-35-24/h5-14,17-19H,15-16H2,1-4H3,(H,36,38). The van der Waals surface area contributed by atoms with Crippen LogP contribution in [-0.4, -0.2) is 29.1 Å². The Morgan fingerprint density at radius 3 is 2.24 bits per heavy atom. The number of anilines is 2. The molecule has 0 unspecified atom stereocenters. The summed E-state index contributed by atoms with van der Waals surface area (Å²) in [7, 11) is 0. The summed E-state index contributed by atoms with van der Waals surface area (Å²) in [6.07, 6.45) is -4.40. The van der Waals surface area contributed by atoms with Gasteiger partial charge in [0.15, 0.2) is 0 Å². The van der Waals surface area contributed by atoms with Gasteiger partial charge in [-0.25, -0.2) is 9.78 Å². The number of thiazole rings is 1. The Morgan fingerprint density at radius 2 is 1.66 bits per heavy atom. The smallest absolute Gasteiger partial charge is 0.416 e. The summed E-state index contributed by atoms with van der Waals surface area (Å²) in [5.74, 6) is -0.413. The minimum absolute atomic E-state index is 0.326. The van der Waals surface area contributed by atoms with E-state index in [1.165, 1.54) is 28.4 Å². The van der Waals surface area contributed by atoms with Crippen LogP contribution in [0.5, 0.6) is 0 Å². The van der Waals surface area contributed by atoms with E-state index in [1.807, 2.05) is 12.3 Å². The molecule has 214 valence electrons. The van der Waals surface area contributed by atoms with Gasteiger partial charge in [0.05, 0.1) is 16.8 Å². The van der Waals surface area contributed by atoms with Gasteiger partial charge in [0.1, 0.15) is 5.60 Å². The molecule has 1 heterocycles. The molecule has 4 rings (SSSR count). The summed E-state index contributed by atoms with van der Waals surface area (Å²) in [6, 6.07) is 16.7. The highest BCUT2D eigenvalue weighted by Crippen LogP contribution is 2.32. The Labute approximate surface area is 240 Å². The van der Waals surface area contributed by atoms with Gasteiger partial charge in [-0.15, -0.1) is 11.3 Å². The molecular formula is C31H30F3N3O3S. The van der Waals surface area contributed by atoms with Crippen LogP contribution in [0.2, 0.25) is 0 Å². The molecule has 1 aromatic heterocycles. The van der Waals surface area contributed by atoms with E-state index < -0.39 is 29.3 Å². The van der Waals surface area contributed by atoms with Crippen LogP contribution >= 0.6 is 11.3 Å². The highest BCUT2D eigenvalue weighted by molar-refractivity contribution is 7.07. The Kier molecular flexibility index (Phi) is 8.82. The van der Waals surface area contributed by atoms with Gasteiger partial charge in [0.25, 0.3) is 5.91 Å². The first-order chi connectivity index (χ1) is 19.3. The summed E-state index contributed by atoms with van der Waals surface area (Å²) in [6.45, 7) is 7.58. The molecule has 0 atom stereocenters. The van der Waals surface area contributed by atoms with Crippen molar-refractivity contribution >= 4 is 34.7 Å². The Hall–Kier alpha value is -4.18. The van der Waals surface area contributed by atoms with E-state index in [1.54, 1.807) is 68.7 Å². The molecule has 6 nitrogen and oxygen atoms in total. The average Bonchev–Trinajstić information content (AvgIpc) is 3.42. The quantitative estimate of drug-likeness (QED) is 0.238. The van der Waals surface area contributed by atoms with Crippen molar-refractivity contribution in [1.29, 1.82) is 0 Å². The number of hydrogen-bond donors (Lipinski definition) is 1. The van der Waals surface area contributed by atoms with E-state index >= 15 is 0 Å². The lowest BCUT2D eigenvalue weighted by Crippen LogP contribution is -2.38. The van der Waals surface area contributed by atoms with Gasteiger partial charge in [-0.2, -0.15) is 13.2 Å². The summed E-state index contributed by atoms with van der Waals surface area (Å²) < 4.78 is 44.7. The second-order valence-corrected chi connectivity index (χ2v) is 11.2. The number of nitrogens with one attached hydrogen (secondary N) is 1. The number of rotatable bonds is 7. The highest BCUT2D eigenvalue weighted by atomic mass is 32.1. The lowest BCUT2D eigenvalue weighted by Gasteiger charge is -2.27. The van der Waals surface area contributed by atoms with Gasteiger partial charge in [0, 0.05) is 35.3 Å². The first-order valence-electron chi connectivity index (χ1n) is 12.9. The molecule has 0 aliphatic carbocycles. The van der Waals surface area contributed by atoms with Crippen LogP contribution in [0.3, 0.4) is 0 Å². The molecule has 0 fully saturated rings. The highest BCUT2D eigenvalue weighted by Gasteiger charge is 2.30. The summed E-state index contributed by atoms with van der Waals surface area (Å²) in [5, 5.41) is 4.78. The van der Waals surface area contributed by atoms with Gasteiger partial charge in [0.2, 0.25) is 0 Å². The zero-order valence-corrected chi connectivity index (χ0v) is 23.9. The minimum Gasteiger partial charge on any atom is -0.443 e. The summed E-state index contributed by atoms with van der Waals surface area (Å²) in [4.78, 5) is 32.1. The maximum Gasteiger partial charge on any atom is 0.416 e. The number of benzene rings is 3. The van der Waals surface area contributed by atoms with Crippen LogP contribution in [-0.2, 0) is 17.3 Å². The third kappa shape index (κ3) is 7.94. The number of aromatic nitrogens is 1. The fourth-order valence-corrected chi connectivity index (χ4v) is 4.68. The molecule has 0 saturated heterocycles. The van der Waals surface area contributed by atoms with Crippen LogP contribution in [0.1, 0.15) is 48.0 Å². The van der Waals surface area contributed by atoms with Crippen molar-refractivity contribution in [3.63, 3.8) is 0 Å². The van der Waals surface area contributed by atoms with Crippen molar-refractivity contribution in [2.75, 3.05) is 16.8 Å². The first kappa shape index (κ1) is 29.8. The van der Waals surface area contributed by atoms with E-state index in [2.05, 4.69) is 10.3 Å². The number of alkyl halides is 3. The molecule has 0 saturated carbocycles. The van der Waals surface area contributed by atoms with Crippen molar-refractivity contribution in [3.05, 3.63) is 100 Å². The minimum atomic E-state index is -4.45. The maximum absolute atomic E-state index is 13.3. The van der Waals surface area contributed by atoms with E-state index in [4.69, 9.17) is 4.74 Å². The van der Waals surface area contributed by atoms with Crippen LogP contribution in [0.4, 0.5) is 29.3 Å². The van der Waals surface area contributed by atoms with Gasteiger partial charge in [-0.05, 0) is 81.3 Å². The molecule has 41 heavy (non-hydrogen) atoms. The number of aryl methyl sites for hydroxylation is 1. The number of amides is 2. The SMILES string of the molecule is Cc1ccc(-c2ccc(C(F)(F)F)cc2)c(C(=O)Nc2ccc(N(CCc3cscn3)C(=O)OC(C)(C)C)cc2)c1. The second-order valence-electron chi connectivity index (χ2n) is 10.5. The largest absolute Gasteiger partial charge is 0.443 e. The molecule has 2 amide bonds. The third-order valence-corrected chi connectivity index (χ3v) is 6.70. The van der Waals surface area contributed by atoms with E-state index in [-0.39, 0.29) is 0 Å². The second kappa shape index (κ2) is 12.1. The zero-order chi connectivity index (χ0) is 29.8. The average molecular weight is 582 g/mol. The molecule has 0 radical (unpaired) electrons. The molecule has 0 aliphatic heterocycles. The maximum atomic E-state index is 13.3. The van der Waals surface area contributed by atoms with Gasteiger partial charge in [-0.1, -0.05) is 29.8 Å². The third-order valence-electron chi connectivity index (χ3n) is 6.07. The van der Waals surface area contributed by atoms with Crippen LogP contribution in [0.25, 0.3) is 11.1 Å². The van der Waals surface area contributed by atoms with Crippen LogP contribution in [0, 0.1) is 6.92 Å². The van der Waals surface area contributed by atoms with Crippen molar-refractivity contribution in [3.8, 4) is 11.1 Å². The molecule has 1 N–H and O–H groups in total. The lowest BCUT2D eigenvalue weighted by atomic mass is 9.96. The van der Waals surface area contributed by atoms with Crippen molar-refractivity contribution in [2.45, 2.75) is 45.9 Å². The number of carbonyl (C=O) groups excluding carboxylic acids is 2. The number of carbonyl (C=O) groups is 2. The number of ether oxygens (including phenoxy) is 1. The first-order valence-corrected chi connectivity index (χ1v) is 13.8. The van der Waals surface area contributed by atoms with Crippen molar-refractivity contribution < 1.29 is 27.5 Å². The fourth-order valence-electron chi connectivity index (χ4n) is 4.09. The van der Waals surface area contributed by atoms with E-state index in [0.29, 0.717) is 41.0 Å². The topological polar surface area (TPSA) is 71.5 Å². The Bertz CT molecular complexity index is 1500. The zero-order valence-electron chi connectivity index (χ0n) is 23.1. The van der Waals surface area contributed by atoms with Gasteiger partial charge < -0.3 is 10.1 Å². The predicted octanol–water partition coefficient (Wildman–Crippen LogP) is 8.37. The number of hydrogen-bond acceptors (Lipinski definition) is 5. The van der Waals surface area contributed by atoms with Gasteiger partial charge in [-0.3, -0.25) is 9.69 Å².